The van der Waals surface area contributed by atoms with Crippen LogP contribution >= 0.6 is 0 Å². The van der Waals surface area contributed by atoms with E-state index in [1.54, 1.807) is 12.1 Å². The molecule has 4 nitrogen and oxygen atoms in total. The maximum atomic E-state index is 13.3. The monoisotopic (exact) mass is 434 g/mol. The number of fused-ring (bicyclic) bond motifs is 1. The van der Waals surface area contributed by atoms with Gasteiger partial charge in [0.2, 0.25) is 11.2 Å². The smallest absolute Gasteiger partial charge is 0.235 e. The van der Waals surface area contributed by atoms with Crippen molar-refractivity contribution < 1.29 is 13.9 Å². The summed E-state index contributed by atoms with van der Waals surface area (Å²) in [6.45, 7) is 0.756. The Bertz CT molecular complexity index is 1410. The van der Waals surface area contributed by atoms with Crippen molar-refractivity contribution in [3.8, 4) is 22.8 Å². The molecule has 0 spiro atoms. The summed E-state index contributed by atoms with van der Waals surface area (Å²) >= 11 is 0. The lowest BCUT2D eigenvalue weighted by molar-refractivity contribution is 0.297. The molecule has 4 heteroatoms. The first kappa shape index (κ1) is 20.6. The van der Waals surface area contributed by atoms with Gasteiger partial charge in [-0.3, -0.25) is 4.79 Å². The molecule has 0 amide bonds. The SMILES string of the molecule is O=c1c(OCc2ccccc2)c(-c2ccc(OCc3ccccc3)cc2)oc2ccccc12. The van der Waals surface area contributed by atoms with E-state index in [4.69, 9.17) is 13.9 Å². The maximum absolute atomic E-state index is 13.3. The Hall–Kier alpha value is -4.31. The lowest BCUT2D eigenvalue weighted by Crippen LogP contribution is -2.10. The summed E-state index contributed by atoms with van der Waals surface area (Å²) in [6.07, 6.45) is 0. The van der Waals surface area contributed by atoms with E-state index in [-0.39, 0.29) is 17.8 Å². The highest BCUT2D eigenvalue weighted by atomic mass is 16.5. The number of hydrogen-bond donors (Lipinski definition) is 0. The van der Waals surface area contributed by atoms with Crippen molar-refractivity contribution in [3.63, 3.8) is 0 Å². The van der Waals surface area contributed by atoms with Crippen LogP contribution in [-0.2, 0) is 13.2 Å². The Kier molecular flexibility index (Phi) is 5.89. The second-order valence-corrected chi connectivity index (χ2v) is 7.66. The summed E-state index contributed by atoms with van der Waals surface area (Å²) in [5.41, 5.74) is 3.15. The van der Waals surface area contributed by atoms with Gasteiger partial charge in [0.15, 0.2) is 5.76 Å². The third kappa shape index (κ3) is 4.65. The van der Waals surface area contributed by atoms with Crippen LogP contribution in [0.15, 0.2) is 118 Å². The van der Waals surface area contributed by atoms with Gasteiger partial charge in [-0.1, -0.05) is 72.8 Å². The van der Waals surface area contributed by atoms with Crippen LogP contribution in [0, 0.1) is 0 Å². The summed E-state index contributed by atoms with van der Waals surface area (Å²) in [4.78, 5) is 13.3. The van der Waals surface area contributed by atoms with E-state index in [0.717, 1.165) is 22.4 Å². The van der Waals surface area contributed by atoms with Crippen molar-refractivity contribution >= 4 is 11.0 Å². The molecule has 0 atom stereocenters. The minimum Gasteiger partial charge on any atom is -0.489 e. The molecule has 0 bridgehead atoms. The Labute approximate surface area is 191 Å². The van der Waals surface area contributed by atoms with Crippen molar-refractivity contribution in [2.75, 3.05) is 0 Å². The molecule has 1 heterocycles. The molecule has 0 aliphatic rings. The van der Waals surface area contributed by atoms with Crippen LogP contribution in [-0.4, -0.2) is 0 Å². The van der Waals surface area contributed by atoms with Gasteiger partial charge in [-0.05, 0) is 47.5 Å². The van der Waals surface area contributed by atoms with Crippen molar-refractivity contribution in [2.24, 2.45) is 0 Å². The van der Waals surface area contributed by atoms with Crippen molar-refractivity contribution in [1.82, 2.24) is 0 Å². The van der Waals surface area contributed by atoms with Gasteiger partial charge < -0.3 is 13.9 Å². The van der Waals surface area contributed by atoms with Crippen molar-refractivity contribution in [1.29, 1.82) is 0 Å². The highest BCUT2D eigenvalue weighted by Gasteiger charge is 2.18. The van der Waals surface area contributed by atoms with Crippen LogP contribution in [0.2, 0.25) is 0 Å². The summed E-state index contributed by atoms with van der Waals surface area (Å²) < 4.78 is 18.1. The van der Waals surface area contributed by atoms with E-state index >= 15 is 0 Å². The van der Waals surface area contributed by atoms with Crippen LogP contribution in [0.1, 0.15) is 11.1 Å². The molecule has 0 N–H and O–H groups in total. The normalized spacial score (nSPS) is 10.8. The average molecular weight is 434 g/mol. The lowest BCUT2D eigenvalue weighted by Gasteiger charge is -2.12. The average Bonchev–Trinajstić information content (AvgIpc) is 2.88. The summed E-state index contributed by atoms with van der Waals surface area (Å²) in [6, 6.07) is 34.4. The minimum atomic E-state index is -0.188. The molecule has 0 fully saturated rings. The second-order valence-electron chi connectivity index (χ2n) is 7.66. The molecule has 5 aromatic rings. The molecule has 0 unspecified atom stereocenters. The molecule has 5 rings (SSSR count). The predicted octanol–water partition coefficient (Wildman–Crippen LogP) is 6.62. The van der Waals surface area contributed by atoms with Crippen LogP contribution in [0.4, 0.5) is 0 Å². The molecular formula is C29H22O4. The van der Waals surface area contributed by atoms with Crippen molar-refractivity contribution in [2.45, 2.75) is 13.2 Å². The molecule has 0 saturated carbocycles. The van der Waals surface area contributed by atoms with E-state index in [2.05, 4.69) is 0 Å². The van der Waals surface area contributed by atoms with Crippen LogP contribution < -0.4 is 14.9 Å². The van der Waals surface area contributed by atoms with Crippen LogP contribution in [0.25, 0.3) is 22.3 Å². The Morgan fingerprint density at radius 1 is 0.606 bits per heavy atom. The third-order valence-corrected chi connectivity index (χ3v) is 5.35. The highest BCUT2D eigenvalue weighted by Crippen LogP contribution is 2.32. The fourth-order valence-corrected chi connectivity index (χ4v) is 3.62. The fraction of sp³-hybridized carbons (Fsp3) is 0.0690. The standard InChI is InChI=1S/C29H22O4/c30-27-25-13-7-8-14-26(25)33-28(29(27)32-20-22-11-5-2-6-12-22)23-15-17-24(18-16-23)31-19-21-9-3-1-4-10-21/h1-18H,19-20H2. The van der Waals surface area contributed by atoms with Crippen LogP contribution in [0.3, 0.4) is 0 Å². The Balaban J connectivity index is 1.46. The molecule has 0 radical (unpaired) electrons. The number of ether oxygens (including phenoxy) is 2. The Morgan fingerprint density at radius 3 is 1.85 bits per heavy atom. The zero-order valence-electron chi connectivity index (χ0n) is 17.9. The van der Waals surface area contributed by atoms with Crippen molar-refractivity contribution in [3.05, 3.63) is 131 Å². The number of hydrogen-bond acceptors (Lipinski definition) is 4. The van der Waals surface area contributed by atoms with Gasteiger partial charge in [0.05, 0.1) is 5.39 Å². The fourth-order valence-electron chi connectivity index (χ4n) is 3.62. The molecule has 4 aromatic carbocycles. The quantitative estimate of drug-likeness (QED) is 0.289. The van der Waals surface area contributed by atoms with E-state index in [1.807, 2.05) is 97.1 Å². The molecule has 0 aliphatic heterocycles. The first-order valence-corrected chi connectivity index (χ1v) is 10.8. The molecular weight excluding hydrogens is 412 g/mol. The molecule has 162 valence electrons. The first-order valence-electron chi connectivity index (χ1n) is 10.8. The largest absolute Gasteiger partial charge is 0.489 e. The summed E-state index contributed by atoms with van der Waals surface area (Å²) in [5, 5.41) is 0.493. The third-order valence-electron chi connectivity index (χ3n) is 5.35. The zero-order valence-corrected chi connectivity index (χ0v) is 17.9. The lowest BCUT2D eigenvalue weighted by atomic mass is 10.1. The molecule has 1 aromatic heterocycles. The van der Waals surface area contributed by atoms with Gasteiger partial charge in [0.25, 0.3) is 0 Å². The van der Waals surface area contributed by atoms with E-state index < -0.39 is 0 Å². The number of para-hydroxylation sites is 1. The molecule has 33 heavy (non-hydrogen) atoms. The second kappa shape index (κ2) is 9.45. The zero-order chi connectivity index (χ0) is 22.5. The molecule has 0 saturated heterocycles. The predicted molar refractivity (Wildman–Crippen MR) is 129 cm³/mol. The maximum Gasteiger partial charge on any atom is 0.235 e. The van der Waals surface area contributed by atoms with Gasteiger partial charge in [-0.15, -0.1) is 0 Å². The summed E-state index contributed by atoms with van der Waals surface area (Å²) in [5.74, 6) is 1.34. The topological polar surface area (TPSA) is 48.7 Å². The van der Waals surface area contributed by atoms with Gasteiger partial charge in [0, 0.05) is 5.56 Å². The number of rotatable bonds is 7. The van der Waals surface area contributed by atoms with Gasteiger partial charge >= 0.3 is 0 Å². The minimum absolute atomic E-state index is 0.188. The van der Waals surface area contributed by atoms with E-state index in [1.165, 1.54) is 0 Å². The van der Waals surface area contributed by atoms with Crippen LogP contribution in [0.5, 0.6) is 11.5 Å². The van der Waals surface area contributed by atoms with Gasteiger partial charge in [-0.25, -0.2) is 0 Å². The van der Waals surface area contributed by atoms with E-state index in [0.29, 0.717) is 23.3 Å². The van der Waals surface area contributed by atoms with Gasteiger partial charge in [0.1, 0.15) is 24.5 Å². The first-order chi connectivity index (χ1) is 16.3. The van der Waals surface area contributed by atoms with E-state index in [9.17, 15) is 4.79 Å². The Morgan fingerprint density at radius 2 is 1.18 bits per heavy atom. The molecule has 0 aliphatic carbocycles. The van der Waals surface area contributed by atoms with Gasteiger partial charge in [-0.2, -0.15) is 0 Å². The summed E-state index contributed by atoms with van der Waals surface area (Å²) in [7, 11) is 0. The number of benzene rings is 4. The highest BCUT2D eigenvalue weighted by molar-refractivity contribution is 5.82.